The average molecular weight is 247 g/mol. The van der Waals surface area contributed by atoms with E-state index in [1.165, 1.54) is 6.07 Å². The molecule has 1 aromatic carbocycles. The standard InChI is InChI=1S/C7H9N3O5S/c1-16(8,15,10(13)14)7-4-2-3-6(5-7)9(11)12/h2-5H,1H3,(H2,8,15). The van der Waals surface area contributed by atoms with E-state index in [9.17, 15) is 24.4 Å². The third-order valence-corrected chi connectivity index (χ3v) is 4.11. The Labute approximate surface area is 90.0 Å². The molecule has 0 aliphatic heterocycles. The van der Waals surface area contributed by atoms with Gasteiger partial charge in [-0.05, 0) is 6.07 Å². The molecule has 0 saturated carbocycles. The summed E-state index contributed by atoms with van der Waals surface area (Å²) in [6, 6.07) is 4.30. The van der Waals surface area contributed by atoms with Gasteiger partial charge in [-0.15, -0.1) is 0 Å². The van der Waals surface area contributed by atoms with Crippen molar-refractivity contribution in [2.45, 2.75) is 4.90 Å². The highest BCUT2D eigenvalue weighted by Gasteiger charge is 2.41. The van der Waals surface area contributed by atoms with Gasteiger partial charge in [-0.3, -0.25) is 10.1 Å². The van der Waals surface area contributed by atoms with Gasteiger partial charge in [-0.2, -0.15) is 4.21 Å². The first-order chi connectivity index (χ1) is 7.13. The highest BCUT2D eigenvalue weighted by molar-refractivity contribution is 8.12. The summed E-state index contributed by atoms with van der Waals surface area (Å²) in [6.45, 7) is 0. The van der Waals surface area contributed by atoms with Crippen molar-refractivity contribution in [1.82, 2.24) is 0 Å². The molecule has 0 saturated heterocycles. The van der Waals surface area contributed by atoms with Gasteiger partial charge >= 0.3 is 0 Å². The number of nitro benzene ring substituents is 1. The van der Waals surface area contributed by atoms with Crippen molar-refractivity contribution in [2.75, 3.05) is 6.26 Å². The van der Waals surface area contributed by atoms with Gasteiger partial charge in [0, 0.05) is 12.1 Å². The molecule has 0 aliphatic rings. The minimum atomic E-state index is -4.78. The quantitative estimate of drug-likeness (QED) is 0.612. The van der Waals surface area contributed by atoms with E-state index in [1.54, 1.807) is 0 Å². The minimum Gasteiger partial charge on any atom is -0.258 e. The molecule has 0 radical (unpaired) electrons. The van der Waals surface area contributed by atoms with Gasteiger partial charge in [0.1, 0.15) is 4.33 Å². The van der Waals surface area contributed by atoms with Crippen molar-refractivity contribution in [3.8, 4) is 0 Å². The van der Waals surface area contributed by atoms with Gasteiger partial charge in [-0.25, -0.2) is 15.3 Å². The van der Waals surface area contributed by atoms with Crippen LogP contribution in [0, 0.1) is 20.2 Å². The fourth-order valence-corrected chi connectivity index (χ4v) is 1.98. The lowest BCUT2D eigenvalue weighted by molar-refractivity contribution is -0.385. The van der Waals surface area contributed by atoms with Crippen molar-refractivity contribution < 1.29 is 13.5 Å². The summed E-state index contributed by atoms with van der Waals surface area (Å²) < 4.78 is 10.8. The van der Waals surface area contributed by atoms with Crippen molar-refractivity contribution >= 4 is 15.1 Å². The maximum absolute atomic E-state index is 11.9. The molecule has 9 heteroatoms. The highest BCUT2D eigenvalue weighted by atomic mass is 32.3. The summed E-state index contributed by atoms with van der Waals surface area (Å²) in [7, 11) is -4.78. The Balaban J connectivity index is 3.47. The van der Waals surface area contributed by atoms with Gasteiger partial charge in [0.2, 0.25) is 0 Å². The molecule has 16 heavy (non-hydrogen) atoms. The Hall–Kier alpha value is -1.87. The molecule has 0 atom stereocenters. The molecule has 0 bridgehead atoms. The topological polar surface area (TPSA) is 129 Å². The molecule has 0 fully saturated rings. The monoisotopic (exact) mass is 247 g/mol. The minimum absolute atomic E-state index is 0.365. The lowest BCUT2D eigenvalue weighted by Gasteiger charge is -2.24. The first-order valence-electron chi connectivity index (χ1n) is 3.97. The second kappa shape index (κ2) is 3.32. The van der Waals surface area contributed by atoms with E-state index in [4.69, 9.17) is 5.14 Å². The van der Waals surface area contributed by atoms with E-state index in [2.05, 4.69) is 0 Å². The number of nitro groups is 2. The van der Waals surface area contributed by atoms with E-state index in [1.807, 2.05) is 0 Å². The molecule has 1 rings (SSSR count). The van der Waals surface area contributed by atoms with Crippen LogP contribution in [-0.2, 0) is 9.44 Å². The van der Waals surface area contributed by atoms with Crippen LogP contribution in [0.4, 0.5) is 5.69 Å². The molecular formula is C7H9N3O5S. The van der Waals surface area contributed by atoms with Crippen molar-refractivity contribution in [1.29, 1.82) is 0 Å². The Morgan fingerprint density at radius 3 is 2.31 bits per heavy atom. The maximum atomic E-state index is 11.9. The second-order valence-corrected chi connectivity index (χ2v) is 6.82. The molecule has 2 N–H and O–H groups in total. The molecule has 0 aliphatic carbocycles. The zero-order valence-corrected chi connectivity index (χ0v) is 9.05. The number of nitrogens with zero attached hydrogens (tertiary/aromatic N) is 2. The van der Waals surface area contributed by atoms with Gasteiger partial charge < -0.3 is 0 Å². The van der Waals surface area contributed by atoms with E-state index >= 15 is 0 Å². The van der Waals surface area contributed by atoms with Gasteiger partial charge in [0.25, 0.3) is 5.69 Å². The summed E-state index contributed by atoms with van der Waals surface area (Å²) in [6.07, 6.45) is 0.760. The smallest absolute Gasteiger partial charge is 0.258 e. The SMILES string of the molecule is CS(N)(=O)(c1cccc([N+](=O)[O-])c1)[N+](=O)[O-]. The fraction of sp³-hybridized carbons (Fsp3) is 0.143. The van der Waals surface area contributed by atoms with Crippen molar-refractivity contribution in [3.63, 3.8) is 0 Å². The van der Waals surface area contributed by atoms with E-state index in [0.717, 1.165) is 24.5 Å². The summed E-state index contributed by atoms with van der Waals surface area (Å²) in [5.41, 5.74) is -0.398. The molecule has 0 aromatic heterocycles. The zero-order valence-electron chi connectivity index (χ0n) is 8.23. The number of benzene rings is 1. The van der Waals surface area contributed by atoms with E-state index in [0.29, 0.717) is 0 Å². The number of rotatable bonds is 3. The first kappa shape index (κ1) is 12.2. The molecule has 0 heterocycles. The van der Waals surface area contributed by atoms with E-state index in [-0.39, 0.29) is 4.90 Å². The number of non-ortho nitro benzene ring substituents is 1. The van der Waals surface area contributed by atoms with Crippen LogP contribution in [0.15, 0.2) is 29.2 Å². The van der Waals surface area contributed by atoms with Crippen LogP contribution in [0.25, 0.3) is 0 Å². The van der Waals surface area contributed by atoms with Crippen LogP contribution in [0.1, 0.15) is 0 Å². The van der Waals surface area contributed by atoms with Crippen LogP contribution in [0.3, 0.4) is 0 Å². The molecule has 1 aromatic rings. The van der Waals surface area contributed by atoms with Crippen LogP contribution in [0.5, 0.6) is 0 Å². The summed E-state index contributed by atoms with van der Waals surface area (Å²) >= 11 is 0. The number of nitrogens with two attached hydrogens (primary N) is 1. The lowest BCUT2D eigenvalue weighted by atomic mass is 10.3. The molecule has 0 unspecified atom stereocenters. The number of hydrogen-bond donors (Lipinski definition) is 1. The van der Waals surface area contributed by atoms with E-state index < -0.39 is 24.4 Å². The molecule has 8 nitrogen and oxygen atoms in total. The molecular weight excluding hydrogens is 238 g/mol. The van der Waals surface area contributed by atoms with Crippen molar-refractivity contribution in [3.05, 3.63) is 44.5 Å². The largest absolute Gasteiger partial charge is 0.270 e. The summed E-state index contributed by atoms with van der Waals surface area (Å²) in [5.74, 6) is 0. The molecule has 88 valence electrons. The predicted molar refractivity (Wildman–Crippen MR) is 56.6 cm³/mol. The second-order valence-electron chi connectivity index (χ2n) is 3.34. The Bertz CT molecular complexity index is 535. The summed E-state index contributed by atoms with van der Waals surface area (Å²) in [4.78, 5) is 20.0. The van der Waals surface area contributed by atoms with Gasteiger partial charge in [0.15, 0.2) is 9.44 Å². The van der Waals surface area contributed by atoms with Gasteiger partial charge in [-0.1, -0.05) is 6.07 Å². The third-order valence-electron chi connectivity index (χ3n) is 1.97. The average Bonchev–Trinajstić information content (AvgIpc) is 2.17. The van der Waals surface area contributed by atoms with Crippen LogP contribution in [-0.4, -0.2) is 19.7 Å². The fourth-order valence-electron chi connectivity index (χ4n) is 0.992. The lowest BCUT2D eigenvalue weighted by Crippen LogP contribution is -2.48. The van der Waals surface area contributed by atoms with Crippen molar-refractivity contribution in [2.24, 2.45) is 5.14 Å². The van der Waals surface area contributed by atoms with Crippen LogP contribution < -0.4 is 5.14 Å². The molecule has 0 spiro atoms. The van der Waals surface area contributed by atoms with Crippen LogP contribution in [0.2, 0.25) is 0 Å². The third kappa shape index (κ3) is 1.90. The normalized spacial score (nSPS) is 13.8. The highest BCUT2D eigenvalue weighted by Crippen LogP contribution is 2.29. The number of hydrogen-bond acceptors (Lipinski definition) is 5. The summed E-state index contributed by atoms with van der Waals surface area (Å²) in [5, 5.41) is 26.4. The zero-order chi connectivity index (χ0) is 12.6. The Morgan fingerprint density at radius 2 is 1.88 bits per heavy atom. The predicted octanol–water partition coefficient (Wildman–Crippen LogP) is 0.469. The Kier molecular flexibility index (Phi) is 2.53. The molecule has 0 amide bonds. The Morgan fingerprint density at radius 1 is 1.31 bits per heavy atom. The maximum Gasteiger partial charge on any atom is 0.270 e. The first-order valence-corrected chi connectivity index (χ1v) is 6.37. The van der Waals surface area contributed by atoms with Gasteiger partial charge in [0.05, 0.1) is 16.1 Å². The van der Waals surface area contributed by atoms with Crippen LogP contribution >= 0.6 is 0 Å².